The summed E-state index contributed by atoms with van der Waals surface area (Å²) in [4.78, 5) is 13.2. The minimum Gasteiger partial charge on any atom is -0.362 e. The molecule has 0 saturated heterocycles. The molecule has 20 heavy (non-hydrogen) atoms. The Kier molecular flexibility index (Phi) is 3.20. The van der Waals surface area contributed by atoms with Crippen LogP contribution in [0, 0.1) is 0 Å². The molecule has 0 aliphatic rings. The summed E-state index contributed by atoms with van der Waals surface area (Å²) in [7, 11) is 3.79. The van der Waals surface area contributed by atoms with Crippen LogP contribution in [-0.2, 0) is 13.6 Å². The van der Waals surface area contributed by atoms with E-state index in [1.165, 1.54) is 0 Å². The molecule has 3 rings (SSSR count). The summed E-state index contributed by atoms with van der Waals surface area (Å²) in [6, 6.07) is 7.94. The van der Waals surface area contributed by atoms with Crippen LogP contribution >= 0.6 is 0 Å². The Morgan fingerprint density at radius 2 is 2.05 bits per heavy atom. The summed E-state index contributed by atoms with van der Waals surface area (Å²) in [6.45, 7) is 0.619. The molecule has 0 fully saturated rings. The van der Waals surface area contributed by atoms with Crippen molar-refractivity contribution in [2.24, 2.45) is 7.05 Å². The van der Waals surface area contributed by atoms with Crippen molar-refractivity contribution in [2.45, 2.75) is 6.54 Å². The third-order valence-corrected chi connectivity index (χ3v) is 3.16. The summed E-state index contributed by atoms with van der Waals surface area (Å²) in [5.41, 5.74) is 0.911. The van der Waals surface area contributed by atoms with Gasteiger partial charge in [0, 0.05) is 31.9 Å². The van der Waals surface area contributed by atoms with Gasteiger partial charge < -0.3 is 15.2 Å². The molecular formula is C14H16N6. The Labute approximate surface area is 116 Å². The minimum atomic E-state index is 0.603. The number of nitrogens with one attached hydrogen (secondary N) is 2. The number of nitrogens with zero attached hydrogens (tertiary/aromatic N) is 4. The molecule has 6 nitrogen and oxygen atoms in total. The van der Waals surface area contributed by atoms with E-state index in [0.29, 0.717) is 12.5 Å². The molecule has 0 bridgehead atoms. The Hall–Kier alpha value is -2.63. The fourth-order valence-corrected chi connectivity index (χ4v) is 2.05. The van der Waals surface area contributed by atoms with E-state index in [-0.39, 0.29) is 0 Å². The lowest BCUT2D eigenvalue weighted by Gasteiger charge is -2.10. The van der Waals surface area contributed by atoms with Gasteiger partial charge in [-0.1, -0.05) is 12.1 Å². The van der Waals surface area contributed by atoms with E-state index < -0.39 is 0 Å². The summed E-state index contributed by atoms with van der Waals surface area (Å²) in [5.74, 6) is 2.37. The molecule has 0 spiro atoms. The van der Waals surface area contributed by atoms with Crippen molar-refractivity contribution in [3.8, 4) is 0 Å². The Morgan fingerprint density at radius 1 is 1.20 bits per heavy atom. The zero-order valence-electron chi connectivity index (χ0n) is 11.5. The quantitative estimate of drug-likeness (QED) is 0.757. The van der Waals surface area contributed by atoms with Crippen molar-refractivity contribution in [1.29, 1.82) is 0 Å². The molecule has 2 aromatic heterocycles. The third kappa shape index (κ3) is 2.27. The number of hydrogen-bond acceptors (Lipinski definition) is 5. The van der Waals surface area contributed by atoms with E-state index in [1.807, 2.05) is 49.1 Å². The number of fused-ring (bicyclic) bond motifs is 1. The van der Waals surface area contributed by atoms with E-state index in [4.69, 9.17) is 0 Å². The SMILES string of the molecule is CNc1nc(NCc2nccn2C)c2ccccc2n1. The standard InChI is InChI=1S/C14H16N6/c1-15-14-18-11-6-4-3-5-10(11)13(19-14)17-9-12-16-7-8-20(12)2/h3-8H,9H2,1-2H3,(H2,15,17,18,19). The molecule has 6 heteroatoms. The summed E-state index contributed by atoms with van der Waals surface area (Å²) in [6.07, 6.45) is 3.71. The van der Waals surface area contributed by atoms with Gasteiger partial charge in [0.1, 0.15) is 11.6 Å². The minimum absolute atomic E-state index is 0.603. The fraction of sp³-hybridized carbons (Fsp3) is 0.214. The van der Waals surface area contributed by atoms with Gasteiger partial charge in [0.2, 0.25) is 5.95 Å². The molecule has 0 amide bonds. The number of para-hydroxylation sites is 1. The van der Waals surface area contributed by atoms with Gasteiger partial charge in [-0.2, -0.15) is 4.98 Å². The maximum atomic E-state index is 4.48. The highest BCUT2D eigenvalue weighted by atomic mass is 15.1. The first-order valence-electron chi connectivity index (χ1n) is 6.42. The normalized spacial score (nSPS) is 10.7. The van der Waals surface area contributed by atoms with Crippen molar-refractivity contribution in [3.05, 3.63) is 42.5 Å². The van der Waals surface area contributed by atoms with Crippen LogP contribution in [0.25, 0.3) is 10.9 Å². The van der Waals surface area contributed by atoms with Crippen molar-refractivity contribution in [3.63, 3.8) is 0 Å². The van der Waals surface area contributed by atoms with Crippen molar-refractivity contribution < 1.29 is 0 Å². The van der Waals surface area contributed by atoms with Crippen LogP contribution in [0.3, 0.4) is 0 Å². The van der Waals surface area contributed by atoms with E-state index >= 15 is 0 Å². The third-order valence-electron chi connectivity index (χ3n) is 3.16. The predicted octanol–water partition coefficient (Wildman–Crippen LogP) is 2.02. The lowest BCUT2D eigenvalue weighted by atomic mass is 10.2. The van der Waals surface area contributed by atoms with Crippen molar-refractivity contribution in [1.82, 2.24) is 19.5 Å². The second kappa shape index (κ2) is 5.16. The topological polar surface area (TPSA) is 67.7 Å². The first-order valence-corrected chi connectivity index (χ1v) is 6.42. The zero-order valence-corrected chi connectivity index (χ0v) is 11.5. The van der Waals surface area contributed by atoms with Crippen molar-refractivity contribution in [2.75, 3.05) is 17.7 Å². The fourth-order valence-electron chi connectivity index (χ4n) is 2.05. The predicted molar refractivity (Wildman–Crippen MR) is 79.6 cm³/mol. The first-order chi connectivity index (χ1) is 9.78. The van der Waals surface area contributed by atoms with E-state index in [1.54, 1.807) is 6.20 Å². The summed E-state index contributed by atoms with van der Waals surface area (Å²) in [5, 5.41) is 7.31. The van der Waals surface area contributed by atoms with Crippen LogP contribution in [0.4, 0.5) is 11.8 Å². The molecule has 0 aliphatic heterocycles. The van der Waals surface area contributed by atoms with Crippen LogP contribution in [-0.4, -0.2) is 26.6 Å². The summed E-state index contributed by atoms with van der Waals surface area (Å²) >= 11 is 0. The highest BCUT2D eigenvalue weighted by Crippen LogP contribution is 2.21. The number of rotatable bonds is 4. The van der Waals surface area contributed by atoms with Crippen LogP contribution in [0.5, 0.6) is 0 Å². The molecule has 102 valence electrons. The second-order valence-corrected chi connectivity index (χ2v) is 4.47. The van der Waals surface area contributed by atoms with Crippen LogP contribution in [0.2, 0.25) is 0 Å². The molecule has 0 atom stereocenters. The average molecular weight is 268 g/mol. The molecule has 0 aliphatic carbocycles. The molecule has 0 unspecified atom stereocenters. The first kappa shape index (κ1) is 12.4. The van der Waals surface area contributed by atoms with Gasteiger partial charge in [-0.15, -0.1) is 0 Å². The van der Waals surface area contributed by atoms with Gasteiger partial charge in [0.15, 0.2) is 0 Å². The monoisotopic (exact) mass is 268 g/mol. The highest BCUT2D eigenvalue weighted by Gasteiger charge is 2.07. The lowest BCUT2D eigenvalue weighted by molar-refractivity contribution is 0.811. The second-order valence-electron chi connectivity index (χ2n) is 4.47. The molecule has 1 aromatic carbocycles. The largest absolute Gasteiger partial charge is 0.362 e. The molecule has 0 saturated carbocycles. The zero-order chi connectivity index (χ0) is 13.9. The highest BCUT2D eigenvalue weighted by molar-refractivity contribution is 5.89. The van der Waals surface area contributed by atoms with Gasteiger partial charge >= 0.3 is 0 Å². The number of hydrogen-bond donors (Lipinski definition) is 2. The molecule has 3 aromatic rings. The number of anilines is 2. The molecule has 2 N–H and O–H groups in total. The Bertz CT molecular complexity index is 733. The van der Waals surface area contributed by atoms with Crippen LogP contribution in [0.15, 0.2) is 36.7 Å². The van der Waals surface area contributed by atoms with Crippen LogP contribution < -0.4 is 10.6 Å². The van der Waals surface area contributed by atoms with Gasteiger partial charge in [-0.05, 0) is 12.1 Å². The number of aromatic nitrogens is 4. The average Bonchev–Trinajstić information content (AvgIpc) is 2.89. The summed E-state index contributed by atoms with van der Waals surface area (Å²) < 4.78 is 1.98. The maximum absolute atomic E-state index is 4.48. The Morgan fingerprint density at radius 3 is 2.80 bits per heavy atom. The number of benzene rings is 1. The molecule has 0 radical (unpaired) electrons. The molecular weight excluding hydrogens is 252 g/mol. The van der Waals surface area contributed by atoms with Gasteiger partial charge in [-0.25, -0.2) is 9.97 Å². The van der Waals surface area contributed by atoms with E-state index in [9.17, 15) is 0 Å². The maximum Gasteiger partial charge on any atom is 0.224 e. The van der Waals surface area contributed by atoms with Gasteiger partial charge in [0.05, 0.1) is 12.1 Å². The van der Waals surface area contributed by atoms with Gasteiger partial charge in [-0.3, -0.25) is 0 Å². The molecule has 2 heterocycles. The number of imidazole rings is 1. The van der Waals surface area contributed by atoms with Crippen molar-refractivity contribution >= 4 is 22.7 Å². The van der Waals surface area contributed by atoms with E-state index in [2.05, 4.69) is 25.6 Å². The Balaban J connectivity index is 1.95. The van der Waals surface area contributed by atoms with E-state index in [0.717, 1.165) is 22.5 Å². The lowest BCUT2D eigenvalue weighted by Crippen LogP contribution is -2.08. The number of aryl methyl sites for hydroxylation is 1. The smallest absolute Gasteiger partial charge is 0.224 e. The van der Waals surface area contributed by atoms with Crippen LogP contribution in [0.1, 0.15) is 5.82 Å². The van der Waals surface area contributed by atoms with Gasteiger partial charge in [0.25, 0.3) is 0 Å².